The number of nitrogens with zero attached hydrogens (tertiary/aromatic N) is 3. The van der Waals surface area contributed by atoms with Gasteiger partial charge in [0.15, 0.2) is 0 Å². The molecule has 0 unspecified atom stereocenters. The Morgan fingerprint density at radius 2 is 1.65 bits per heavy atom. The first-order chi connectivity index (χ1) is 12.5. The third-order valence-electron chi connectivity index (χ3n) is 4.35. The van der Waals surface area contributed by atoms with E-state index in [2.05, 4.69) is 10.1 Å². The normalized spacial score (nSPS) is 15.6. The highest BCUT2D eigenvalue weighted by Gasteiger charge is 2.28. The lowest BCUT2D eigenvalue weighted by molar-refractivity contribution is -0.117. The molecule has 1 heterocycles. The van der Waals surface area contributed by atoms with Gasteiger partial charge in [0.25, 0.3) is 5.91 Å². The van der Waals surface area contributed by atoms with Crippen LogP contribution in [0.5, 0.6) is 0 Å². The Balaban J connectivity index is 1.72. The summed E-state index contributed by atoms with van der Waals surface area (Å²) in [7, 11) is -3.65. The second-order valence-electron chi connectivity index (χ2n) is 6.04. The third-order valence-corrected chi connectivity index (χ3v) is 6.25. The van der Waals surface area contributed by atoms with Crippen LogP contribution in [-0.4, -0.2) is 44.8 Å². The van der Waals surface area contributed by atoms with E-state index in [0.717, 1.165) is 5.69 Å². The van der Waals surface area contributed by atoms with Crippen LogP contribution in [0, 0.1) is 4.91 Å². The molecule has 0 saturated carbocycles. The summed E-state index contributed by atoms with van der Waals surface area (Å²) < 4.78 is 27.2. The zero-order chi connectivity index (χ0) is 18.6. The summed E-state index contributed by atoms with van der Waals surface area (Å²) in [4.78, 5) is 23.7. The number of sulfonamides is 1. The van der Waals surface area contributed by atoms with Crippen molar-refractivity contribution in [2.45, 2.75) is 11.3 Å². The lowest BCUT2D eigenvalue weighted by Gasteiger charge is -2.35. The summed E-state index contributed by atoms with van der Waals surface area (Å²) in [6.45, 7) is 1.99. The van der Waals surface area contributed by atoms with Crippen molar-refractivity contribution in [1.82, 2.24) is 4.31 Å². The number of amides is 1. The van der Waals surface area contributed by atoms with Gasteiger partial charge in [-0.25, -0.2) is 8.42 Å². The Bertz CT molecular complexity index is 892. The average Bonchev–Trinajstić information content (AvgIpc) is 2.69. The average molecular weight is 373 g/mol. The van der Waals surface area contributed by atoms with Crippen molar-refractivity contribution in [3.8, 4) is 0 Å². The summed E-state index contributed by atoms with van der Waals surface area (Å²) in [5, 5.41) is 2.35. The molecular formula is C18H19N3O4S. The first-order valence-electron chi connectivity index (χ1n) is 8.26. The molecule has 0 aromatic heterocycles. The van der Waals surface area contributed by atoms with E-state index in [1.807, 2.05) is 30.3 Å². The van der Waals surface area contributed by atoms with Crippen LogP contribution >= 0.6 is 0 Å². The van der Waals surface area contributed by atoms with Crippen molar-refractivity contribution in [3.63, 3.8) is 0 Å². The van der Waals surface area contributed by atoms with Gasteiger partial charge in [-0.3, -0.25) is 4.79 Å². The molecule has 0 spiro atoms. The molecule has 2 aromatic carbocycles. The SMILES string of the molecule is O=NC(=O)Cc1cccc(S(=O)(=O)N2CCN(c3ccccc3)CC2)c1. The van der Waals surface area contributed by atoms with E-state index < -0.39 is 15.9 Å². The maximum Gasteiger partial charge on any atom is 0.290 e. The Labute approximate surface area is 152 Å². The van der Waals surface area contributed by atoms with Crippen LogP contribution in [0.2, 0.25) is 0 Å². The highest BCUT2D eigenvalue weighted by molar-refractivity contribution is 7.89. The fourth-order valence-corrected chi connectivity index (χ4v) is 4.49. The highest BCUT2D eigenvalue weighted by Crippen LogP contribution is 2.22. The summed E-state index contributed by atoms with van der Waals surface area (Å²) in [5.74, 6) is -0.823. The Morgan fingerprint density at radius 3 is 2.31 bits per heavy atom. The molecule has 1 saturated heterocycles. The van der Waals surface area contributed by atoms with E-state index in [1.165, 1.54) is 16.4 Å². The van der Waals surface area contributed by atoms with Gasteiger partial charge in [-0.05, 0) is 29.8 Å². The number of piperazine rings is 1. The maximum atomic E-state index is 12.9. The molecule has 1 aliphatic heterocycles. The fraction of sp³-hybridized carbons (Fsp3) is 0.278. The second-order valence-corrected chi connectivity index (χ2v) is 7.97. The van der Waals surface area contributed by atoms with Crippen molar-refractivity contribution in [1.29, 1.82) is 0 Å². The molecule has 0 bridgehead atoms. The van der Waals surface area contributed by atoms with Crippen LogP contribution in [0.4, 0.5) is 5.69 Å². The maximum absolute atomic E-state index is 12.9. The zero-order valence-corrected chi connectivity index (χ0v) is 14.9. The Kier molecular flexibility index (Phi) is 5.43. The molecule has 0 atom stereocenters. The van der Waals surface area contributed by atoms with Crippen LogP contribution < -0.4 is 4.90 Å². The number of nitroso groups, excluding NO2 is 1. The Morgan fingerprint density at radius 1 is 0.962 bits per heavy atom. The molecule has 2 aromatic rings. The van der Waals surface area contributed by atoms with E-state index in [9.17, 15) is 18.1 Å². The van der Waals surface area contributed by atoms with Crippen molar-refractivity contribution in [3.05, 3.63) is 65.1 Å². The molecule has 1 fully saturated rings. The molecule has 1 aliphatic rings. The van der Waals surface area contributed by atoms with E-state index in [0.29, 0.717) is 31.7 Å². The number of benzene rings is 2. The molecule has 0 radical (unpaired) electrons. The molecular weight excluding hydrogens is 354 g/mol. The van der Waals surface area contributed by atoms with E-state index in [1.54, 1.807) is 12.1 Å². The monoisotopic (exact) mass is 373 g/mol. The van der Waals surface area contributed by atoms with Crippen LogP contribution in [0.25, 0.3) is 0 Å². The van der Waals surface area contributed by atoms with Gasteiger partial charge < -0.3 is 4.90 Å². The number of carbonyl (C=O) groups excluding carboxylic acids is 1. The second kappa shape index (κ2) is 7.76. The van der Waals surface area contributed by atoms with E-state index in [-0.39, 0.29) is 11.3 Å². The number of hydrogen-bond donors (Lipinski definition) is 0. The van der Waals surface area contributed by atoms with Gasteiger partial charge in [0.1, 0.15) is 0 Å². The molecule has 3 rings (SSSR count). The van der Waals surface area contributed by atoms with Gasteiger partial charge in [-0.2, -0.15) is 4.31 Å². The zero-order valence-electron chi connectivity index (χ0n) is 14.1. The van der Waals surface area contributed by atoms with Gasteiger partial charge in [0.05, 0.1) is 11.3 Å². The number of para-hydroxylation sites is 1. The standard InChI is InChI=1S/C18H19N3O4S/c22-18(19-23)14-15-5-4-8-17(13-15)26(24,25)21-11-9-20(10-12-21)16-6-2-1-3-7-16/h1-8,13H,9-12,14H2. The van der Waals surface area contributed by atoms with Crippen LogP contribution in [-0.2, 0) is 21.2 Å². The quantitative estimate of drug-likeness (QED) is 0.749. The molecule has 136 valence electrons. The molecule has 0 aliphatic carbocycles. The fourth-order valence-electron chi connectivity index (χ4n) is 3.00. The summed E-state index contributed by atoms with van der Waals surface area (Å²) in [6.07, 6.45) is -0.200. The third kappa shape index (κ3) is 3.97. The largest absolute Gasteiger partial charge is 0.369 e. The van der Waals surface area contributed by atoms with Gasteiger partial charge in [-0.1, -0.05) is 30.3 Å². The highest BCUT2D eigenvalue weighted by atomic mass is 32.2. The van der Waals surface area contributed by atoms with E-state index >= 15 is 0 Å². The molecule has 7 nitrogen and oxygen atoms in total. The number of hydrogen-bond acceptors (Lipinski definition) is 5. The van der Waals surface area contributed by atoms with Crippen LogP contribution in [0.3, 0.4) is 0 Å². The minimum absolute atomic E-state index is 0.127. The van der Waals surface area contributed by atoms with Gasteiger partial charge in [0, 0.05) is 37.0 Å². The molecule has 0 N–H and O–H groups in total. The van der Waals surface area contributed by atoms with E-state index in [4.69, 9.17) is 0 Å². The van der Waals surface area contributed by atoms with Crippen molar-refractivity contribution in [2.75, 3.05) is 31.1 Å². The Hall–Kier alpha value is -2.58. The first-order valence-corrected chi connectivity index (χ1v) is 9.70. The summed E-state index contributed by atoms with van der Waals surface area (Å²) >= 11 is 0. The minimum Gasteiger partial charge on any atom is -0.369 e. The van der Waals surface area contributed by atoms with Crippen LogP contribution in [0.15, 0.2) is 64.7 Å². The molecule has 8 heteroatoms. The minimum atomic E-state index is -3.65. The summed E-state index contributed by atoms with van der Waals surface area (Å²) in [5.41, 5.74) is 1.53. The first kappa shape index (κ1) is 18.2. The van der Waals surface area contributed by atoms with Crippen molar-refractivity contribution in [2.24, 2.45) is 5.18 Å². The topological polar surface area (TPSA) is 87.1 Å². The number of anilines is 1. The lowest BCUT2D eigenvalue weighted by atomic mass is 10.1. The van der Waals surface area contributed by atoms with Gasteiger partial charge in [0.2, 0.25) is 10.0 Å². The van der Waals surface area contributed by atoms with Crippen LogP contribution in [0.1, 0.15) is 5.56 Å². The smallest absolute Gasteiger partial charge is 0.290 e. The lowest BCUT2D eigenvalue weighted by Crippen LogP contribution is -2.48. The molecule has 1 amide bonds. The van der Waals surface area contributed by atoms with Crippen molar-refractivity contribution < 1.29 is 13.2 Å². The summed E-state index contributed by atoms with van der Waals surface area (Å²) in [6, 6.07) is 16.0. The number of rotatable bonds is 5. The predicted octanol–water partition coefficient (Wildman–Crippen LogP) is 2.03. The molecule has 26 heavy (non-hydrogen) atoms. The predicted molar refractivity (Wildman–Crippen MR) is 98.4 cm³/mol. The van der Waals surface area contributed by atoms with Gasteiger partial charge >= 0.3 is 0 Å². The van der Waals surface area contributed by atoms with Crippen molar-refractivity contribution >= 4 is 21.6 Å². The van der Waals surface area contributed by atoms with Gasteiger partial charge in [-0.15, -0.1) is 4.91 Å². The number of carbonyl (C=O) groups is 1.